The topological polar surface area (TPSA) is 63.9 Å². The second kappa shape index (κ2) is 9.13. The summed E-state index contributed by atoms with van der Waals surface area (Å²) in [6, 6.07) is 9.02. The number of hydrogen-bond acceptors (Lipinski definition) is 5. The number of amides is 1. The van der Waals surface area contributed by atoms with Gasteiger partial charge in [0.05, 0.1) is 32.1 Å². The van der Waals surface area contributed by atoms with Gasteiger partial charge in [0.25, 0.3) is 5.91 Å². The Hall–Kier alpha value is -2.47. The minimum Gasteiger partial charge on any atom is -0.493 e. The molecule has 6 heteroatoms. The molecule has 1 atom stereocenters. The van der Waals surface area contributed by atoms with Crippen LogP contribution in [0.15, 0.2) is 41.0 Å². The van der Waals surface area contributed by atoms with Crippen molar-refractivity contribution in [2.45, 2.75) is 19.9 Å². The second-order valence-corrected chi connectivity index (χ2v) is 5.50. The minimum atomic E-state index is -0.209. The van der Waals surface area contributed by atoms with Crippen molar-refractivity contribution in [3.63, 3.8) is 0 Å². The zero-order valence-corrected chi connectivity index (χ0v) is 15.2. The molecule has 0 saturated heterocycles. The molecule has 1 unspecified atom stereocenters. The molecule has 136 valence electrons. The molecule has 1 amide bonds. The van der Waals surface area contributed by atoms with E-state index in [0.29, 0.717) is 23.6 Å². The van der Waals surface area contributed by atoms with Crippen LogP contribution in [-0.2, 0) is 0 Å². The lowest BCUT2D eigenvalue weighted by Gasteiger charge is -2.28. The highest BCUT2D eigenvalue weighted by Crippen LogP contribution is 2.30. The number of carbonyl (C=O) groups excluding carboxylic acids is 1. The number of rotatable bonds is 9. The van der Waals surface area contributed by atoms with E-state index >= 15 is 0 Å². The van der Waals surface area contributed by atoms with Crippen molar-refractivity contribution in [3.05, 3.63) is 47.9 Å². The highest BCUT2D eigenvalue weighted by atomic mass is 16.5. The van der Waals surface area contributed by atoms with Crippen molar-refractivity contribution in [2.75, 3.05) is 33.9 Å². The lowest BCUT2D eigenvalue weighted by Crippen LogP contribution is -2.38. The van der Waals surface area contributed by atoms with Crippen LogP contribution >= 0.6 is 0 Å². The van der Waals surface area contributed by atoms with Crippen LogP contribution in [0.25, 0.3) is 0 Å². The van der Waals surface area contributed by atoms with Gasteiger partial charge in [-0.05, 0) is 37.4 Å². The Kier molecular flexibility index (Phi) is 6.89. The van der Waals surface area contributed by atoms with E-state index < -0.39 is 0 Å². The molecule has 0 aliphatic heterocycles. The van der Waals surface area contributed by atoms with Crippen molar-refractivity contribution < 1.29 is 18.7 Å². The second-order valence-electron chi connectivity index (χ2n) is 5.50. The van der Waals surface area contributed by atoms with Crippen molar-refractivity contribution in [3.8, 4) is 11.5 Å². The summed E-state index contributed by atoms with van der Waals surface area (Å²) in [6.07, 6.45) is 1.65. The van der Waals surface area contributed by atoms with Crippen LogP contribution in [-0.4, -0.2) is 44.7 Å². The first-order valence-electron chi connectivity index (χ1n) is 8.42. The highest BCUT2D eigenvalue weighted by Gasteiger charge is 2.23. The summed E-state index contributed by atoms with van der Waals surface area (Å²) < 4.78 is 16.2. The Labute approximate surface area is 148 Å². The summed E-state index contributed by atoms with van der Waals surface area (Å²) in [5.41, 5.74) is 0.444. The third-order valence-electron chi connectivity index (χ3n) is 4.23. The van der Waals surface area contributed by atoms with Gasteiger partial charge in [-0.15, -0.1) is 0 Å². The fourth-order valence-corrected chi connectivity index (χ4v) is 2.91. The molecular formula is C19H26N2O4. The van der Waals surface area contributed by atoms with E-state index in [0.717, 1.165) is 18.8 Å². The Balaban J connectivity index is 2.17. The van der Waals surface area contributed by atoms with E-state index in [9.17, 15) is 4.79 Å². The molecule has 0 bridgehead atoms. The Morgan fingerprint density at radius 2 is 1.92 bits per heavy atom. The molecule has 2 rings (SSSR count). The maximum Gasteiger partial charge on any atom is 0.255 e. The van der Waals surface area contributed by atoms with Crippen LogP contribution in [0.4, 0.5) is 0 Å². The first-order valence-corrected chi connectivity index (χ1v) is 8.42. The highest BCUT2D eigenvalue weighted by molar-refractivity contribution is 5.97. The van der Waals surface area contributed by atoms with Crippen molar-refractivity contribution in [2.24, 2.45) is 0 Å². The summed E-state index contributed by atoms with van der Waals surface area (Å²) in [5.74, 6) is 1.59. The van der Waals surface area contributed by atoms with Gasteiger partial charge >= 0.3 is 0 Å². The van der Waals surface area contributed by atoms with Gasteiger partial charge in [0, 0.05) is 6.54 Å². The van der Waals surface area contributed by atoms with Gasteiger partial charge in [0.15, 0.2) is 11.5 Å². The minimum absolute atomic E-state index is 0.0226. The molecule has 0 fully saturated rings. The normalized spacial score (nSPS) is 12.0. The molecule has 1 aromatic heterocycles. The monoisotopic (exact) mass is 346 g/mol. The van der Waals surface area contributed by atoms with Gasteiger partial charge in [-0.2, -0.15) is 0 Å². The number of nitrogens with zero attached hydrogens (tertiary/aromatic N) is 1. The van der Waals surface area contributed by atoms with E-state index in [1.807, 2.05) is 12.1 Å². The van der Waals surface area contributed by atoms with Gasteiger partial charge in [0.1, 0.15) is 5.76 Å². The quantitative estimate of drug-likeness (QED) is 0.756. The first-order chi connectivity index (χ1) is 12.2. The van der Waals surface area contributed by atoms with Crippen LogP contribution < -0.4 is 14.8 Å². The fraction of sp³-hybridized carbons (Fsp3) is 0.421. The number of para-hydroxylation sites is 1. The SMILES string of the molecule is CCN(CC)C(CNC(=O)c1cccc(OC)c1OC)c1ccco1. The zero-order valence-electron chi connectivity index (χ0n) is 15.2. The molecule has 25 heavy (non-hydrogen) atoms. The predicted molar refractivity (Wildman–Crippen MR) is 96.2 cm³/mol. The number of likely N-dealkylation sites (N-methyl/N-ethyl adjacent to an activating group) is 1. The van der Waals surface area contributed by atoms with Crippen LogP contribution in [0.5, 0.6) is 11.5 Å². The largest absolute Gasteiger partial charge is 0.493 e. The fourth-order valence-electron chi connectivity index (χ4n) is 2.91. The third-order valence-corrected chi connectivity index (χ3v) is 4.23. The van der Waals surface area contributed by atoms with E-state index in [1.165, 1.54) is 7.11 Å². The molecule has 0 radical (unpaired) electrons. The smallest absolute Gasteiger partial charge is 0.255 e. The Bertz CT molecular complexity index is 666. The van der Waals surface area contributed by atoms with E-state index in [1.54, 1.807) is 31.6 Å². The summed E-state index contributed by atoms with van der Waals surface area (Å²) in [4.78, 5) is 14.9. The van der Waals surface area contributed by atoms with Gasteiger partial charge in [0.2, 0.25) is 0 Å². The number of ether oxygens (including phenoxy) is 2. The van der Waals surface area contributed by atoms with Crippen molar-refractivity contribution in [1.29, 1.82) is 0 Å². The summed E-state index contributed by atoms with van der Waals surface area (Å²) in [7, 11) is 3.07. The van der Waals surface area contributed by atoms with Crippen LogP contribution in [0.3, 0.4) is 0 Å². The molecule has 0 aliphatic rings. The first kappa shape index (κ1) is 18.9. The van der Waals surface area contributed by atoms with E-state index in [2.05, 4.69) is 24.1 Å². The van der Waals surface area contributed by atoms with Gasteiger partial charge in [-0.25, -0.2) is 0 Å². The van der Waals surface area contributed by atoms with Gasteiger partial charge in [-0.1, -0.05) is 19.9 Å². The maximum absolute atomic E-state index is 12.7. The molecule has 1 aromatic carbocycles. The maximum atomic E-state index is 12.7. The Morgan fingerprint density at radius 1 is 1.16 bits per heavy atom. The number of carbonyl (C=O) groups is 1. The summed E-state index contributed by atoms with van der Waals surface area (Å²) in [6.45, 7) is 6.34. The standard InChI is InChI=1S/C19H26N2O4/c1-5-21(6-2)15(16-11-8-12-25-16)13-20-19(22)14-9-7-10-17(23-3)18(14)24-4/h7-12,15H,5-6,13H2,1-4H3,(H,20,22). The van der Waals surface area contributed by atoms with Crippen LogP contribution in [0, 0.1) is 0 Å². The molecule has 0 saturated carbocycles. The van der Waals surface area contributed by atoms with Crippen molar-refractivity contribution in [1.82, 2.24) is 10.2 Å². The lowest BCUT2D eigenvalue weighted by atomic mass is 10.1. The molecule has 1 N–H and O–H groups in total. The molecule has 1 heterocycles. The third kappa shape index (κ3) is 4.33. The molecule has 2 aromatic rings. The summed E-state index contributed by atoms with van der Waals surface area (Å²) in [5, 5.41) is 2.99. The molecule has 6 nitrogen and oxygen atoms in total. The lowest BCUT2D eigenvalue weighted by molar-refractivity contribution is 0.0926. The number of methoxy groups -OCH3 is 2. The Morgan fingerprint density at radius 3 is 2.48 bits per heavy atom. The molecular weight excluding hydrogens is 320 g/mol. The predicted octanol–water partition coefficient (Wildman–Crippen LogP) is 3.11. The number of hydrogen-bond donors (Lipinski definition) is 1. The van der Waals surface area contributed by atoms with Gasteiger partial charge in [-0.3, -0.25) is 9.69 Å². The number of furan rings is 1. The molecule has 0 spiro atoms. The molecule has 0 aliphatic carbocycles. The number of benzene rings is 1. The average molecular weight is 346 g/mol. The van der Waals surface area contributed by atoms with Crippen LogP contribution in [0.2, 0.25) is 0 Å². The summed E-state index contributed by atoms with van der Waals surface area (Å²) >= 11 is 0. The van der Waals surface area contributed by atoms with E-state index in [4.69, 9.17) is 13.9 Å². The average Bonchev–Trinajstić information content (AvgIpc) is 3.18. The van der Waals surface area contributed by atoms with Crippen LogP contribution in [0.1, 0.15) is 36.0 Å². The van der Waals surface area contributed by atoms with E-state index in [-0.39, 0.29) is 11.9 Å². The zero-order chi connectivity index (χ0) is 18.2. The van der Waals surface area contributed by atoms with Crippen molar-refractivity contribution >= 4 is 5.91 Å². The number of nitrogens with one attached hydrogen (secondary N) is 1. The van der Waals surface area contributed by atoms with Gasteiger partial charge < -0.3 is 19.2 Å².